The average molecular weight is 401 g/mol. The van der Waals surface area contributed by atoms with Gasteiger partial charge >= 0.3 is 0 Å². The number of hydrogen-bond acceptors (Lipinski definition) is 3. The highest BCUT2D eigenvalue weighted by Crippen LogP contribution is 2.22. The number of amides is 1. The Morgan fingerprint density at radius 1 is 1.09 bits per heavy atom. The van der Waals surface area contributed by atoms with Gasteiger partial charge in [0.25, 0.3) is 5.91 Å². The van der Waals surface area contributed by atoms with E-state index >= 15 is 0 Å². The number of benzene rings is 2. The molecule has 0 aliphatic rings. The van der Waals surface area contributed by atoms with Crippen molar-refractivity contribution < 1.29 is 17.6 Å². The van der Waals surface area contributed by atoms with Crippen molar-refractivity contribution in [1.29, 1.82) is 0 Å². The molecular formula is C15H14BrFN2O3S. The lowest BCUT2D eigenvalue weighted by atomic mass is 10.2. The SMILES string of the molecule is O=C(NCCNS(=O)(=O)c1ccc(F)cc1Br)c1ccccc1. The first kappa shape index (κ1) is 17.6. The van der Waals surface area contributed by atoms with Crippen molar-refractivity contribution in [3.63, 3.8) is 0 Å². The fourth-order valence-corrected chi connectivity index (χ4v) is 3.90. The molecule has 0 saturated carbocycles. The fourth-order valence-electron chi connectivity index (χ4n) is 1.82. The summed E-state index contributed by atoms with van der Waals surface area (Å²) >= 11 is 3.02. The number of nitrogens with one attached hydrogen (secondary N) is 2. The number of carbonyl (C=O) groups excluding carboxylic acids is 1. The zero-order valence-electron chi connectivity index (χ0n) is 11.9. The highest BCUT2D eigenvalue weighted by atomic mass is 79.9. The van der Waals surface area contributed by atoms with Gasteiger partial charge in [0.05, 0.1) is 4.90 Å². The molecule has 2 N–H and O–H groups in total. The van der Waals surface area contributed by atoms with Crippen LogP contribution in [-0.2, 0) is 10.0 Å². The Morgan fingerprint density at radius 3 is 2.43 bits per heavy atom. The van der Waals surface area contributed by atoms with E-state index in [1.54, 1.807) is 30.3 Å². The Bertz CT molecular complexity index is 798. The summed E-state index contributed by atoms with van der Waals surface area (Å²) in [5, 5.41) is 2.61. The molecule has 1 amide bonds. The van der Waals surface area contributed by atoms with Crippen LogP contribution in [0.25, 0.3) is 0 Å². The largest absolute Gasteiger partial charge is 0.351 e. The molecule has 2 aromatic rings. The van der Waals surface area contributed by atoms with Crippen molar-refractivity contribution in [2.45, 2.75) is 4.90 Å². The van der Waals surface area contributed by atoms with E-state index in [9.17, 15) is 17.6 Å². The van der Waals surface area contributed by atoms with Crippen molar-refractivity contribution in [2.24, 2.45) is 0 Å². The van der Waals surface area contributed by atoms with E-state index in [1.165, 1.54) is 6.07 Å². The van der Waals surface area contributed by atoms with Crippen LogP contribution in [0.5, 0.6) is 0 Å². The summed E-state index contributed by atoms with van der Waals surface area (Å²) in [6.07, 6.45) is 0. The van der Waals surface area contributed by atoms with Crippen LogP contribution in [-0.4, -0.2) is 27.4 Å². The van der Waals surface area contributed by atoms with E-state index in [2.05, 4.69) is 26.0 Å². The van der Waals surface area contributed by atoms with Gasteiger partial charge in [-0.15, -0.1) is 0 Å². The molecule has 0 fully saturated rings. The number of sulfonamides is 1. The topological polar surface area (TPSA) is 75.3 Å². The fraction of sp³-hybridized carbons (Fsp3) is 0.133. The van der Waals surface area contributed by atoms with E-state index in [0.717, 1.165) is 12.1 Å². The first-order valence-corrected chi connectivity index (χ1v) is 8.96. The van der Waals surface area contributed by atoms with Crippen molar-refractivity contribution in [2.75, 3.05) is 13.1 Å². The van der Waals surface area contributed by atoms with Gasteiger partial charge in [-0.25, -0.2) is 17.5 Å². The minimum atomic E-state index is -3.79. The lowest BCUT2D eigenvalue weighted by molar-refractivity contribution is 0.0954. The molecule has 2 rings (SSSR count). The van der Waals surface area contributed by atoms with Crippen LogP contribution >= 0.6 is 15.9 Å². The highest BCUT2D eigenvalue weighted by molar-refractivity contribution is 9.10. The van der Waals surface area contributed by atoms with E-state index in [-0.39, 0.29) is 28.4 Å². The monoisotopic (exact) mass is 400 g/mol. The van der Waals surface area contributed by atoms with Gasteiger partial charge in [-0.1, -0.05) is 18.2 Å². The third-order valence-electron chi connectivity index (χ3n) is 2.92. The van der Waals surface area contributed by atoms with Gasteiger partial charge in [0, 0.05) is 23.1 Å². The lowest BCUT2D eigenvalue weighted by Gasteiger charge is -2.09. The summed E-state index contributed by atoms with van der Waals surface area (Å²) in [7, 11) is -3.79. The van der Waals surface area contributed by atoms with E-state index in [4.69, 9.17) is 0 Å². The van der Waals surface area contributed by atoms with Gasteiger partial charge in [0.1, 0.15) is 5.82 Å². The zero-order valence-corrected chi connectivity index (χ0v) is 14.3. The Kier molecular flexibility index (Phi) is 5.86. The number of rotatable bonds is 6. The summed E-state index contributed by atoms with van der Waals surface area (Å²) in [6.45, 7) is 0.149. The molecule has 0 saturated heterocycles. The molecule has 0 aliphatic heterocycles. The summed E-state index contributed by atoms with van der Waals surface area (Å²) in [6, 6.07) is 11.9. The Balaban J connectivity index is 1.89. The maximum Gasteiger partial charge on any atom is 0.251 e. The standard InChI is InChI=1S/C15H14BrFN2O3S/c16-13-10-12(17)6-7-14(13)23(21,22)19-9-8-18-15(20)11-4-2-1-3-5-11/h1-7,10,19H,8-9H2,(H,18,20). The summed E-state index contributed by atoms with van der Waals surface area (Å²) in [5.74, 6) is -0.821. The second-order valence-electron chi connectivity index (χ2n) is 4.59. The summed E-state index contributed by atoms with van der Waals surface area (Å²) in [4.78, 5) is 11.7. The summed E-state index contributed by atoms with van der Waals surface area (Å²) < 4.78 is 39.7. The molecule has 5 nitrogen and oxygen atoms in total. The quantitative estimate of drug-likeness (QED) is 0.730. The first-order valence-electron chi connectivity index (χ1n) is 6.68. The number of halogens is 2. The first-order chi connectivity index (χ1) is 10.9. The zero-order chi connectivity index (χ0) is 16.9. The lowest BCUT2D eigenvalue weighted by Crippen LogP contribution is -2.34. The van der Waals surface area contributed by atoms with Crippen LogP contribution in [0.3, 0.4) is 0 Å². The molecule has 0 radical (unpaired) electrons. The molecule has 8 heteroatoms. The van der Waals surface area contributed by atoms with Gasteiger partial charge in [-0.05, 0) is 46.3 Å². The van der Waals surface area contributed by atoms with Crippen molar-refractivity contribution in [3.8, 4) is 0 Å². The smallest absolute Gasteiger partial charge is 0.251 e. The minimum Gasteiger partial charge on any atom is -0.351 e. The van der Waals surface area contributed by atoms with Gasteiger partial charge in [-0.3, -0.25) is 4.79 Å². The second kappa shape index (κ2) is 7.67. The van der Waals surface area contributed by atoms with E-state index < -0.39 is 15.8 Å². The molecular weight excluding hydrogens is 387 g/mol. The van der Waals surface area contributed by atoms with Gasteiger partial charge in [0.15, 0.2) is 0 Å². The molecule has 0 bridgehead atoms. The Morgan fingerprint density at radius 2 is 1.78 bits per heavy atom. The van der Waals surface area contributed by atoms with Crippen LogP contribution in [0.2, 0.25) is 0 Å². The van der Waals surface area contributed by atoms with Crippen LogP contribution < -0.4 is 10.0 Å². The van der Waals surface area contributed by atoms with Crippen LogP contribution in [0.1, 0.15) is 10.4 Å². The normalized spacial score (nSPS) is 11.2. The molecule has 0 heterocycles. The molecule has 0 atom stereocenters. The van der Waals surface area contributed by atoms with E-state index in [1.807, 2.05) is 0 Å². The summed E-state index contributed by atoms with van der Waals surface area (Å²) in [5.41, 5.74) is 0.497. The highest BCUT2D eigenvalue weighted by Gasteiger charge is 2.17. The molecule has 23 heavy (non-hydrogen) atoms. The maximum absolute atomic E-state index is 13.0. The average Bonchev–Trinajstić information content (AvgIpc) is 2.52. The van der Waals surface area contributed by atoms with Gasteiger partial charge in [-0.2, -0.15) is 0 Å². The predicted octanol–water partition coefficient (Wildman–Crippen LogP) is 2.30. The van der Waals surface area contributed by atoms with Crippen molar-refractivity contribution in [1.82, 2.24) is 10.0 Å². The molecule has 2 aromatic carbocycles. The molecule has 0 unspecified atom stereocenters. The van der Waals surface area contributed by atoms with Crippen LogP contribution in [0.15, 0.2) is 57.9 Å². The second-order valence-corrected chi connectivity index (χ2v) is 7.18. The van der Waals surface area contributed by atoms with Crippen LogP contribution in [0, 0.1) is 5.82 Å². The van der Waals surface area contributed by atoms with Crippen molar-refractivity contribution in [3.05, 3.63) is 64.4 Å². The number of hydrogen-bond donors (Lipinski definition) is 2. The number of carbonyl (C=O) groups is 1. The third-order valence-corrected chi connectivity index (χ3v) is 5.36. The van der Waals surface area contributed by atoms with Crippen molar-refractivity contribution >= 4 is 31.9 Å². The third kappa shape index (κ3) is 4.85. The molecule has 122 valence electrons. The Hall–Kier alpha value is -1.77. The van der Waals surface area contributed by atoms with Crippen LogP contribution in [0.4, 0.5) is 4.39 Å². The predicted molar refractivity (Wildman–Crippen MR) is 88.1 cm³/mol. The molecule has 0 aromatic heterocycles. The van der Waals surface area contributed by atoms with Gasteiger partial charge < -0.3 is 5.32 Å². The van der Waals surface area contributed by atoms with Gasteiger partial charge in [0.2, 0.25) is 10.0 Å². The minimum absolute atomic E-state index is 0.0186. The Labute approximate surface area is 142 Å². The maximum atomic E-state index is 13.0. The molecule has 0 spiro atoms. The van der Waals surface area contributed by atoms with E-state index in [0.29, 0.717) is 5.56 Å². The molecule has 0 aliphatic carbocycles.